The van der Waals surface area contributed by atoms with Gasteiger partial charge in [0.2, 0.25) is 0 Å². The molecule has 0 bridgehead atoms. The van der Waals surface area contributed by atoms with Crippen LogP contribution in [0.25, 0.3) is 11.1 Å². The maximum absolute atomic E-state index is 4.12. The number of nitrogens with one attached hydrogen (secondary N) is 1. The van der Waals surface area contributed by atoms with Crippen LogP contribution in [0.15, 0.2) is 217 Å². The van der Waals surface area contributed by atoms with Crippen molar-refractivity contribution in [3.63, 3.8) is 0 Å². The van der Waals surface area contributed by atoms with Crippen LogP contribution in [0.2, 0.25) is 0 Å². The number of nitrogens with zero attached hydrogens (tertiary/aromatic N) is 2. The van der Waals surface area contributed by atoms with Gasteiger partial charge in [0.25, 0.3) is 0 Å². The van der Waals surface area contributed by atoms with E-state index >= 15 is 0 Å². The second-order valence-electron chi connectivity index (χ2n) is 15.6. The number of hydrogen-bond donors (Lipinski definition) is 1. The number of benzene rings is 4. The van der Waals surface area contributed by atoms with Gasteiger partial charge in [0, 0.05) is 47.7 Å². The van der Waals surface area contributed by atoms with Crippen molar-refractivity contribution in [2.45, 2.75) is 51.1 Å². The largest absolute Gasteiger partial charge is 0.361 e. The first kappa shape index (κ1) is 39.1. The first-order chi connectivity index (χ1) is 29.0. The van der Waals surface area contributed by atoms with E-state index in [1.54, 1.807) is 0 Å². The number of likely N-dealkylation sites (N-methyl/N-ethyl adjacent to an activating group) is 1. The molecule has 0 spiro atoms. The van der Waals surface area contributed by atoms with Crippen molar-refractivity contribution in [1.29, 1.82) is 0 Å². The summed E-state index contributed by atoms with van der Waals surface area (Å²) in [5, 5.41) is 3.70. The Morgan fingerprint density at radius 1 is 0.881 bits per heavy atom. The SMILES string of the molecule is C=C/C(=C\C=C(/C)N(C1=CCC(C2(c3ccc(NC4C=CCC#CN4C)cc3)C=C(/C=C3/C=CCC/C3=C/C)c3ccccc32)C=C1)c1ccccc1)c1ccccc1. The van der Waals surface area contributed by atoms with Gasteiger partial charge in [-0.05, 0) is 132 Å². The molecule has 0 saturated carbocycles. The normalized spacial score (nSPS) is 22.6. The number of allylic oxidation sites excluding steroid dienone is 17. The molecule has 3 unspecified atom stereocenters. The van der Waals surface area contributed by atoms with Crippen LogP contribution in [0, 0.1) is 17.9 Å². The minimum absolute atomic E-state index is 0.00611. The molecule has 1 N–H and O–H groups in total. The predicted molar refractivity (Wildman–Crippen MR) is 251 cm³/mol. The summed E-state index contributed by atoms with van der Waals surface area (Å²) in [5.41, 5.74) is 14.3. The first-order valence-corrected chi connectivity index (χ1v) is 20.9. The van der Waals surface area contributed by atoms with Gasteiger partial charge in [-0.15, -0.1) is 0 Å². The van der Waals surface area contributed by atoms with E-state index in [1.165, 1.54) is 33.4 Å². The zero-order chi connectivity index (χ0) is 40.6. The van der Waals surface area contributed by atoms with E-state index in [1.807, 2.05) is 24.1 Å². The average molecular weight is 768 g/mol. The van der Waals surface area contributed by atoms with Gasteiger partial charge in [0.15, 0.2) is 0 Å². The molecule has 4 aromatic rings. The summed E-state index contributed by atoms with van der Waals surface area (Å²) in [4.78, 5) is 4.41. The molecule has 0 amide bonds. The third kappa shape index (κ3) is 8.18. The molecule has 59 heavy (non-hydrogen) atoms. The van der Waals surface area contributed by atoms with E-state index in [-0.39, 0.29) is 12.1 Å². The number of para-hydroxylation sites is 1. The highest BCUT2D eigenvalue weighted by Gasteiger charge is 2.45. The highest BCUT2D eigenvalue weighted by Crippen LogP contribution is 2.53. The zero-order valence-electron chi connectivity index (χ0n) is 34.5. The molecule has 0 aromatic heterocycles. The molecule has 292 valence electrons. The fourth-order valence-corrected chi connectivity index (χ4v) is 8.92. The van der Waals surface area contributed by atoms with Crippen LogP contribution in [0.1, 0.15) is 61.8 Å². The van der Waals surface area contributed by atoms with Gasteiger partial charge in [0.1, 0.15) is 6.17 Å². The Hall–Kier alpha value is -6.76. The minimum atomic E-state index is -0.390. The lowest BCUT2D eigenvalue weighted by Gasteiger charge is -2.39. The van der Waals surface area contributed by atoms with Crippen molar-refractivity contribution in [1.82, 2.24) is 4.90 Å². The highest BCUT2D eigenvalue weighted by molar-refractivity contribution is 5.86. The van der Waals surface area contributed by atoms with Crippen LogP contribution in [0.5, 0.6) is 0 Å². The Morgan fingerprint density at radius 3 is 2.39 bits per heavy atom. The van der Waals surface area contributed by atoms with Crippen molar-refractivity contribution < 1.29 is 0 Å². The quantitative estimate of drug-likeness (QED) is 0.0931. The Balaban J connectivity index is 1.20. The Labute approximate surface area is 351 Å². The Kier molecular flexibility index (Phi) is 11.8. The van der Waals surface area contributed by atoms with Gasteiger partial charge in [-0.3, -0.25) is 0 Å². The van der Waals surface area contributed by atoms with Gasteiger partial charge >= 0.3 is 0 Å². The van der Waals surface area contributed by atoms with Crippen LogP contribution in [0.3, 0.4) is 0 Å². The molecule has 3 nitrogen and oxygen atoms in total. The van der Waals surface area contributed by atoms with Gasteiger partial charge in [0.05, 0.1) is 0 Å². The smallest absolute Gasteiger partial charge is 0.125 e. The van der Waals surface area contributed by atoms with E-state index in [4.69, 9.17) is 0 Å². The van der Waals surface area contributed by atoms with Gasteiger partial charge in [-0.2, -0.15) is 0 Å². The summed E-state index contributed by atoms with van der Waals surface area (Å²) in [6, 6.07) is 42.6. The van der Waals surface area contributed by atoms with Crippen molar-refractivity contribution in [3.05, 3.63) is 240 Å². The summed E-state index contributed by atoms with van der Waals surface area (Å²) in [6.07, 6.45) is 33.6. The molecule has 3 heteroatoms. The summed E-state index contributed by atoms with van der Waals surface area (Å²) in [6.45, 7) is 8.48. The second kappa shape index (κ2) is 17.8. The van der Waals surface area contributed by atoms with Gasteiger partial charge < -0.3 is 15.1 Å². The van der Waals surface area contributed by atoms with E-state index in [9.17, 15) is 0 Å². The molecule has 1 aliphatic heterocycles. The molecular weight excluding hydrogens is 715 g/mol. The maximum Gasteiger partial charge on any atom is 0.125 e. The summed E-state index contributed by atoms with van der Waals surface area (Å²) in [5.74, 6) is 3.37. The second-order valence-corrected chi connectivity index (χ2v) is 15.6. The molecule has 4 aliphatic rings. The molecular formula is C56H53N3. The van der Waals surface area contributed by atoms with Crippen LogP contribution in [0.4, 0.5) is 11.4 Å². The third-order valence-electron chi connectivity index (χ3n) is 12.0. The fourth-order valence-electron chi connectivity index (χ4n) is 8.92. The number of anilines is 2. The lowest BCUT2D eigenvalue weighted by atomic mass is 9.65. The molecule has 4 aromatic carbocycles. The predicted octanol–water partition coefficient (Wildman–Crippen LogP) is 13.3. The van der Waals surface area contributed by atoms with Gasteiger partial charge in [-0.1, -0.05) is 152 Å². The Bertz CT molecular complexity index is 2530. The van der Waals surface area contributed by atoms with Crippen molar-refractivity contribution >= 4 is 22.5 Å². The van der Waals surface area contributed by atoms with Crippen LogP contribution in [-0.2, 0) is 5.41 Å². The van der Waals surface area contributed by atoms with Crippen molar-refractivity contribution in [2.75, 3.05) is 17.3 Å². The number of rotatable bonds is 11. The van der Waals surface area contributed by atoms with Crippen molar-refractivity contribution in [3.8, 4) is 12.0 Å². The molecule has 1 heterocycles. The molecule has 0 radical (unpaired) electrons. The number of hydrogen-bond acceptors (Lipinski definition) is 3. The van der Waals surface area contributed by atoms with E-state index < -0.39 is 5.41 Å². The number of fused-ring (bicyclic) bond motifs is 1. The highest BCUT2D eigenvalue weighted by atomic mass is 15.2. The van der Waals surface area contributed by atoms with Crippen LogP contribution < -0.4 is 10.2 Å². The Morgan fingerprint density at radius 2 is 1.64 bits per heavy atom. The molecule has 0 saturated heterocycles. The monoisotopic (exact) mass is 767 g/mol. The zero-order valence-corrected chi connectivity index (χ0v) is 34.5. The summed E-state index contributed by atoms with van der Waals surface area (Å²) in [7, 11) is 2.04. The molecule has 3 atom stereocenters. The summed E-state index contributed by atoms with van der Waals surface area (Å²) >= 11 is 0. The standard InChI is InChI=1S/C56H53N3/c1-5-43-20-15-16-23-46(43)40-47-41-56(54-27-18-17-26-53(47)54,48-31-35-50(36-32-48)57-55-28-14-9-19-39-58(55)4)49-33-37-52(38-34-49)59(51-24-12-8-13-25-51)42(3)29-30-44(6-2)45-21-10-7-11-22-45/h5-8,10-14,16-18,21-33,35-38,40-41,49,55,57H,2,9,15,20,34H2,1,3-4H3/b42-29+,43-5-,44-30+,46-40-. The third-order valence-corrected chi connectivity index (χ3v) is 12.0. The lowest BCUT2D eigenvalue weighted by Crippen LogP contribution is -2.34. The lowest BCUT2D eigenvalue weighted by molar-refractivity contribution is 0.442. The first-order valence-electron chi connectivity index (χ1n) is 20.9. The van der Waals surface area contributed by atoms with Crippen LogP contribution >= 0.6 is 0 Å². The van der Waals surface area contributed by atoms with Gasteiger partial charge in [-0.25, -0.2) is 0 Å². The van der Waals surface area contributed by atoms with E-state index in [0.29, 0.717) is 0 Å². The molecule has 3 aliphatic carbocycles. The van der Waals surface area contributed by atoms with Crippen LogP contribution in [-0.4, -0.2) is 18.1 Å². The van der Waals surface area contributed by atoms with Crippen molar-refractivity contribution in [2.24, 2.45) is 5.92 Å². The molecule has 8 rings (SSSR count). The topological polar surface area (TPSA) is 18.5 Å². The summed E-state index contributed by atoms with van der Waals surface area (Å²) < 4.78 is 0. The fraction of sp³-hybridized carbons (Fsp3) is 0.179. The van der Waals surface area contributed by atoms with E-state index in [0.717, 1.165) is 59.6 Å². The van der Waals surface area contributed by atoms with E-state index in [2.05, 4.69) is 219 Å². The molecule has 0 fully saturated rings. The average Bonchev–Trinajstić information content (AvgIpc) is 3.47. The maximum atomic E-state index is 4.12. The minimum Gasteiger partial charge on any atom is -0.361 e.